The zero-order valence-corrected chi connectivity index (χ0v) is 11.9. The maximum atomic E-state index is 12.3. The van der Waals surface area contributed by atoms with Gasteiger partial charge in [-0.2, -0.15) is 0 Å². The molecule has 1 atom stereocenters. The van der Waals surface area contributed by atoms with Crippen molar-refractivity contribution in [2.24, 2.45) is 0 Å². The fraction of sp³-hybridized carbons (Fsp3) is 0.500. The predicted molar refractivity (Wildman–Crippen MR) is 74.6 cm³/mol. The van der Waals surface area contributed by atoms with Gasteiger partial charge in [0, 0.05) is 12.6 Å². The number of carbonyl (C=O) groups is 1. The summed E-state index contributed by atoms with van der Waals surface area (Å²) in [6.45, 7) is 2.46. The van der Waals surface area contributed by atoms with E-state index in [0.29, 0.717) is 19.4 Å². The molecule has 1 unspecified atom stereocenters. The van der Waals surface area contributed by atoms with Crippen molar-refractivity contribution in [2.45, 2.75) is 25.8 Å². The fourth-order valence-corrected chi connectivity index (χ4v) is 4.26. The molecule has 0 N–H and O–H groups in total. The number of sulfone groups is 1. The molecule has 0 saturated carbocycles. The van der Waals surface area contributed by atoms with Gasteiger partial charge in [-0.05, 0) is 18.9 Å². The van der Waals surface area contributed by atoms with E-state index in [-0.39, 0.29) is 23.5 Å². The molecule has 1 aromatic rings. The van der Waals surface area contributed by atoms with E-state index < -0.39 is 9.84 Å². The second-order valence-corrected chi connectivity index (χ2v) is 7.13. The lowest BCUT2D eigenvalue weighted by molar-refractivity contribution is -0.132. The summed E-state index contributed by atoms with van der Waals surface area (Å²) in [7, 11) is -2.95. The van der Waals surface area contributed by atoms with Crippen LogP contribution in [0.3, 0.4) is 0 Å². The second-order valence-electron chi connectivity index (χ2n) is 4.90. The van der Waals surface area contributed by atoms with Crippen LogP contribution < -0.4 is 0 Å². The van der Waals surface area contributed by atoms with Crippen LogP contribution in [0.25, 0.3) is 0 Å². The Kier molecular flexibility index (Phi) is 4.24. The highest BCUT2D eigenvalue weighted by Crippen LogP contribution is 2.18. The summed E-state index contributed by atoms with van der Waals surface area (Å²) in [4.78, 5) is 14.0. The third-order valence-corrected chi connectivity index (χ3v) is 5.26. The van der Waals surface area contributed by atoms with Crippen molar-refractivity contribution in [2.75, 3.05) is 18.1 Å². The molecule has 0 bridgehead atoms. The topological polar surface area (TPSA) is 54.5 Å². The molecule has 4 nitrogen and oxygen atoms in total. The van der Waals surface area contributed by atoms with E-state index in [1.165, 1.54) is 0 Å². The van der Waals surface area contributed by atoms with Crippen LogP contribution in [-0.2, 0) is 21.1 Å². The second kappa shape index (κ2) is 5.74. The van der Waals surface area contributed by atoms with Crippen molar-refractivity contribution in [1.29, 1.82) is 0 Å². The molecule has 104 valence electrons. The van der Waals surface area contributed by atoms with Gasteiger partial charge < -0.3 is 4.90 Å². The van der Waals surface area contributed by atoms with Crippen LogP contribution in [-0.4, -0.2) is 43.3 Å². The molecular formula is C14H19NO3S. The summed E-state index contributed by atoms with van der Waals surface area (Å²) < 4.78 is 23.0. The van der Waals surface area contributed by atoms with Gasteiger partial charge >= 0.3 is 0 Å². The molecule has 1 fully saturated rings. The van der Waals surface area contributed by atoms with E-state index in [4.69, 9.17) is 0 Å². The summed E-state index contributed by atoms with van der Waals surface area (Å²) >= 11 is 0. The standard InChI is InChI=1S/C14H19NO3S/c1-2-15(13-8-9-19(17,18)11-13)14(16)10-12-6-4-3-5-7-12/h3-7,13H,2,8-11H2,1H3. The molecule has 0 aromatic heterocycles. The van der Waals surface area contributed by atoms with Crippen LogP contribution in [0.5, 0.6) is 0 Å². The first-order chi connectivity index (χ1) is 9.02. The van der Waals surface area contributed by atoms with Crippen molar-refractivity contribution in [3.8, 4) is 0 Å². The zero-order chi connectivity index (χ0) is 13.9. The Morgan fingerprint density at radius 1 is 1.32 bits per heavy atom. The largest absolute Gasteiger partial charge is 0.339 e. The van der Waals surface area contributed by atoms with Crippen LogP contribution >= 0.6 is 0 Å². The number of benzene rings is 1. The molecular weight excluding hydrogens is 262 g/mol. The van der Waals surface area contributed by atoms with E-state index in [0.717, 1.165) is 5.56 Å². The number of hydrogen-bond donors (Lipinski definition) is 0. The summed E-state index contributed by atoms with van der Waals surface area (Å²) in [5, 5.41) is 0. The Morgan fingerprint density at radius 3 is 2.53 bits per heavy atom. The van der Waals surface area contributed by atoms with Crippen LogP contribution in [0, 0.1) is 0 Å². The summed E-state index contributed by atoms with van der Waals surface area (Å²) in [5.74, 6) is 0.324. The minimum absolute atomic E-state index is 0.0100. The normalized spacial score (nSPS) is 21.2. The Hall–Kier alpha value is -1.36. The molecule has 1 amide bonds. The van der Waals surface area contributed by atoms with Crippen LogP contribution in [0.1, 0.15) is 18.9 Å². The third kappa shape index (κ3) is 3.56. The Bertz CT molecular complexity index is 539. The molecule has 2 rings (SSSR count). The molecule has 1 saturated heterocycles. The first-order valence-corrected chi connectivity index (χ1v) is 8.38. The fourth-order valence-electron chi connectivity index (χ4n) is 2.53. The molecule has 1 heterocycles. The van der Waals surface area contributed by atoms with Crippen molar-refractivity contribution in [3.05, 3.63) is 35.9 Å². The highest BCUT2D eigenvalue weighted by Gasteiger charge is 2.33. The summed E-state index contributed by atoms with van der Waals surface area (Å²) in [6, 6.07) is 9.40. The first kappa shape index (κ1) is 14.1. The minimum atomic E-state index is -2.95. The lowest BCUT2D eigenvalue weighted by Crippen LogP contribution is -2.41. The quantitative estimate of drug-likeness (QED) is 0.835. The van der Waals surface area contributed by atoms with Gasteiger partial charge in [-0.1, -0.05) is 30.3 Å². The van der Waals surface area contributed by atoms with E-state index in [1.54, 1.807) is 4.90 Å². The molecule has 1 aromatic carbocycles. The van der Waals surface area contributed by atoms with Gasteiger partial charge in [0.15, 0.2) is 9.84 Å². The Balaban J connectivity index is 2.04. The highest BCUT2D eigenvalue weighted by molar-refractivity contribution is 7.91. The number of nitrogens with zero attached hydrogens (tertiary/aromatic N) is 1. The number of carbonyl (C=O) groups excluding carboxylic acids is 1. The number of amides is 1. The zero-order valence-electron chi connectivity index (χ0n) is 11.1. The average molecular weight is 281 g/mol. The number of hydrogen-bond acceptors (Lipinski definition) is 3. The monoisotopic (exact) mass is 281 g/mol. The SMILES string of the molecule is CCN(C(=O)Cc1ccccc1)C1CCS(=O)(=O)C1. The highest BCUT2D eigenvalue weighted by atomic mass is 32.2. The van der Waals surface area contributed by atoms with E-state index >= 15 is 0 Å². The summed E-state index contributed by atoms with van der Waals surface area (Å²) in [6.07, 6.45) is 0.905. The molecule has 1 aliphatic heterocycles. The van der Waals surface area contributed by atoms with Crippen LogP contribution in [0.2, 0.25) is 0 Å². The maximum Gasteiger partial charge on any atom is 0.227 e. The smallest absolute Gasteiger partial charge is 0.227 e. The predicted octanol–water partition coefficient (Wildman–Crippen LogP) is 1.26. The molecule has 1 aliphatic rings. The lowest BCUT2D eigenvalue weighted by Gasteiger charge is -2.27. The van der Waals surface area contributed by atoms with Crippen molar-refractivity contribution in [1.82, 2.24) is 4.90 Å². The van der Waals surface area contributed by atoms with Crippen molar-refractivity contribution >= 4 is 15.7 Å². The molecule has 0 radical (unpaired) electrons. The van der Waals surface area contributed by atoms with Crippen molar-refractivity contribution in [3.63, 3.8) is 0 Å². The molecule has 0 aliphatic carbocycles. The van der Waals surface area contributed by atoms with E-state index in [2.05, 4.69) is 0 Å². The van der Waals surface area contributed by atoms with Gasteiger partial charge in [-0.3, -0.25) is 4.79 Å². The van der Waals surface area contributed by atoms with Crippen LogP contribution in [0.4, 0.5) is 0 Å². The molecule has 0 spiro atoms. The van der Waals surface area contributed by atoms with Gasteiger partial charge in [0.05, 0.1) is 17.9 Å². The van der Waals surface area contributed by atoms with Gasteiger partial charge in [-0.15, -0.1) is 0 Å². The Labute approximate surface area is 114 Å². The number of likely N-dealkylation sites (N-methyl/N-ethyl adjacent to an activating group) is 1. The molecule has 5 heteroatoms. The van der Waals surface area contributed by atoms with Gasteiger partial charge in [0.2, 0.25) is 5.91 Å². The van der Waals surface area contributed by atoms with Crippen LogP contribution in [0.15, 0.2) is 30.3 Å². The lowest BCUT2D eigenvalue weighted by atomic mass is 10.1. The number of rotatable bonds is 4. The van der Waals surface area contributed by atoms with E-state index in [9.17, 15) is 13.2 Å². The average Bonchev–Trinajstić information content (AvgIpc) is 2.72. The maximum absolute atomic E-state index is 12.3. The van der Waals surface area contributed by atoms with Gasteiger partial charge in [-0.25, -0.2) is 8.42 Å². The van der Waals surface area contributed by atoms with E-state index in [1.807, 2.05) is 37.3 Å². The minimum Gasteiger partial charge on any atom is -0.339 e. The Morgan fingerprint density at radius 2 is 2.00 bits per heavy atom. The van der Waals surface area contributed by atoms with Gasteiger partial charge in [0.25, 0.3) is 0 Å². The van der Waals surface area contributed by atoms with Crippen molar-refractivity contribution < 1.29 is 13.2 Å². The third-order valence-electron chi connectivity index (χ3n) is 3.51. The molecule has 19 heavy (non-hydrogen) atoms. The summed E-state index contributed by atoms with van der Waals surface area (Å²) in [5.41, 5.74) is 0.965. The van der Waals surface area contributed by atoms with Gasteiger partial charge in [0.1, 0.15) is 0 Å². The first-order valence-electron chi connectivity index (χ1n) is 6.55.